The second-order valence-electron chi connectivity index (χ2n) is 5.19. The summed E-state index contributed by atoms with van der Waals surface area (Å²) in [6, 6.07) is 7.21. The van der Waals surface area contributed by atoms with E-state index in [0.717, 1.165) is 5.56 Å². The molecule has 0 saturated heterocycles. The van der Waals surface area contributed by atoms with Crippen LogP contribution in [0, 0.1) is 0 Å². The summed E-state index contributed by atoms with van der Waals surface area (Å²) in [5.41, 5.74) is 1.69. The van der Waals surface area contributed by atoms with Crippen LogP contribution in [-0.4, -0.2) is 34.4 Å². The van der Waals surface area contributed by atoms with Crippen molar-refractivity contribution in [2.45, 2.75) is 6.54 Å². The standard InChI is InChI=1S/C17H17ClN6O2/c1-25-14-8-13(15(26-2)7-12(14)18)22-17-23-16(10-21-24-17)20-9-11-3-5-19-6-4-11/h3-8,10H,9H2,1-2H3,(H2,20,22,23,24). The number of nitrogens with one attached hydrogen (secondary N) is 2. The van der Waals surface area contributed by atoms with Gasteiger partial charge in [0.25, 0.3) is 0 Å². The zero-order valence-corrected chi connectivity index (χ0v) is 15.0. The van der Waals surface area contributed by atoms with Crippen LogP contribution in [-0.2, 0) is 6.54 Å². The molecule has 26 heavy (non-hydrogen) atoms. The van der Waals surface area contributed by atoms with E-state index in [4.69, 9.17) is 21.1 Å². The highest BCUT2D eigenvalue weighted by atomic mass is 35.5. The number of hydrogen-bond acceptors (Lipinski definition) is 8. The summed E-state index contributed by atoms with van der Waals surface area (Å²) >= 11 is 6.12. The quantitative estimate of drug-likeness (QED) is 0.652. The Hall–Kier alpha value is -3.13. The zero-order chi connectivity index (χ0) is 18.4. The van der Waals surface area contributed by atoms with Gasteiger partial charge in [0.05, 0.1) is 31.1 Å². The zero-order valence-electron chi connectivity index (χ0n) is 14.2. The molecule has 0 radical (unpaired) electrons. The highest BCUT2D eigenvalue weighted by molar-refractivity contribution is 6.32. The number of benzene rings is 1. The molecule has 0 amide bonds. The second-order valence-corrected chi connectivity index (χ2v) is 5.59. The molecule has 0 bridgehead atoms. The second kappa shape index (κ2) is 8.30. The van der Waals surface area contributed by atoms with Gasteiger partial charge in [0.15, 0.2) is 5.82 Å². The van der Waals surface area contributed by atoms with E-state index in [1.54, 1.807) is 44.9 Å². The van der Waals surface area contributed by atoms with Crippen LogP contribution in [0.15, 0.2) is 42.9 Å². The Labute approximate surface area is 155 Å². The summed E-state index contributed by atoms with van der Waals surface area (Å²) in [4.78, 5) is 8.39. The first-order valence-electron chi connectivity index (χ1n) is 7.70. The summed E-state index contributed by atoms with van der Waals surface area (Å²) in [7, 11) is 3.09. The van der Waals surface area contributed by atoms with Gasteiger partial charge in [-0.1, -0.05) is 11.6 Å². The molecule has 8 nitrogen and oxygen atoms in total. The van der Waals surface area contributed by atoms with Crippen LogP contribution in [0.1, 0.15) is 5.56 Å². The maximum Gasteiger partial charge on any atom is 0.249 e. The lowest BCUT2D eigenvalue weighted by atomic mass is 10.2. The Morgan fingerprint density at radius 2 is 1.85 bits per heavy atom. The smallest absolute Gasteiger partial charge is 0.249 e. The fourth-order valence-corrected chi connectivity index (χ4v) is 2.44. The van der Waals surface area contributed by atoms with E-state index in [0.29, 0.717) is 40.5 Å². The fraction of sp³-hybridized carbons (Fsp3) is 0.176. The predicted octanol–water partition coefficient (Wildman–Crippen LogP) is 3.29. The van der Waals surface area contributed by atoms with Crippen molar-refractivity contribution >= 4 is 29.1 Å². The monoisotopic (exact) mass is 372 g/mol. The maximum atomic E-state index is 6.12. The van der Waals surface area contributed by atoms with E-state index in [1.165, 1.54) is 0 Å². The van der Waals surface area contributed by atoms with Crippen molar-refractivity contribution in [3.63, 3.8) is 0 Å². The van der Waals surface area contributed by atoms with Gasteiger partial charge in [-0.2, -0.15) is 10.1 Å². The number of ether oxygens (including phenoxy) is 2. The van der Waals surface area contributed by atoms with Gasteiger partial charge in [-0.05, 0) is 17.7 Å². The first-order valence-corrected chi connectivity index (χ1v) is 8.08. The molecule has 0 unspecified atom stereocenters. The summed E-state index contributed by atoms with van der Waals surface area (Å²) in [6.45, 7) is 0.596. The van der Waals surface area contributed by atoms with Gasteiger partial charge in [-0.3, -0.25) is 4.98 Å². The molecule has 0 spiro atoms. The van der Waals surface area contributed by atoms with Crippen molar-refractivity contribution in [1.82, 2.24) is 20.2 Å². The third-order valence-electron chi connectivity index (χ3n) is 3.50. The molecule has 1 aromatic carbocycles. The Morgan fingerprint density at radius 1 is 1.08 bits per heavy atom. The number of methoxy groups -OCH3 is 2. The molecular weight excluding hydrogens is 356 g/mol. The first-order chi connectivity index (χ1) is 12.7. The summed E-state index contributed by atoms with van der Waals surface area (Å²) in [5, 5.41) is 14.7. The Morgan fingerprint density at radius 3 is 2.58 bits per heavy atom. The lowest BCUT2D eigenvalue weighted by Gasteiger charge is -2.13. The van der Waals surface area contributed by atoms with E-state index in [2.05, 4.69) is 30.8 Å². The summed E-state index contributed by atoms with van der Waals surface area (Å²) in [6.07, 6.45) is 5.02. The molecule has 134 valence electrons. The molecule has 0 aliphatic rings. The van der Waals surface area contributed by atoms with E-state index in [-0.39, 0.29) is 0 Å². The van der Waals surface area contributed by atoms with E-state index in [1.807, 2.05) is 12.1 Å². The average molecular weight is 373 g/mol. The van der Waals surface area contributed by atoms with Gasteiger partial charge in [0.1, 0.15) is 11.5 Å². The van der Waals surface area contributed by atoms with E-state index >= 15 is 0 Å². The number of hydrogen-bond donors (Lipinski definition) is 2. The normalized spacial score (nSPS) is 10.3. The Bertz CT molecular complexity index is 878. The molecule has 2 aromatic heterocycles. The van der Waals surface area contributed by atoms with E-state index in [9.17, 15) is 0 Å². The molecule has 2 N–H and O–H groups in total. The van der Waals surface area contributed by atoms with Gasteiger partial charge in [-0.15, -0.1) is 5.10 Å². The van der Waals surface area contributed by atoms with Crippen molar-refractivity contribution < 1.29 is 9.47 Å². The van der Waals surface area contributed by atoms with Crippen LogP contribution < -0.4 is 20.1 Å². The number of halogens is 1. The summed E-state index contributed by atoms with van der Waals surface area (Å²) in [5.74, 6) is 1.94. The molecule has 3 aromatic rings. The van der Waals surface area contributed by atoms with Crippen LogP contribution in [0.2, 0.25) is 5.02 Å². The molecule has 0 saturated carbocycles. The van der Waals surface area contributed by atoms with Crippen LogP contribution in [0.4, 0.5) is 17.5 Å². The molecular formula is C17H17ClN6O2. The minimum absolute atomic E-state index is 0.312. The van der Waals surface area contributed by atoms with E-state index < -0.39 is 0 Å². The number of nitrogens with zero attached hydrogens (tertiary/aromatic N) is 4. The molecule has 0 aliphatic heterocycles. The fourth-order valence-electron chi connectivity index (χ4n) is 2.21. The predicted molar refractivity (Wildman–Crippen MR) is 99.2 cm³/mol. The highest BCUT2D eigenvalue weighted by Gasteiger charge is 2.12. The maximum absolute atomic E-state index is 6.12. The highest BCUT2D eigenvalue weighted by Crippen LogP contribution is 2.36. The SMILES string of the molecule is COc1cc(Nc2nncc(NCc3ccncc3)n2)c(OC)cc1Cl. The summed E-state index contributed by atoms with van der Waals surface area (Å²) < 4.78 is 10.6. The Kier molecular flexibility index (Phi) is 5.65. The van der Waals surface area contributed by atoms with Crippen molar-refractivity contribution in [1.29, 1.82) is 0 Å². The number of aromatic nitrogens is 4. The molecule has 0 atom stereocenters. The van der Waals surface area contributed by atoms with Crippen LogP contribution in [0.3, 0.4) is 0 Å². The van der Waals surface area contributed by atoms with Crippen molar-refractivity contribution in [3.05, 3.63) is 53.4 Å². The largest absolute Gasteiger partial charge is 0.495 e. The van der Waals surface area contributed by atoms with Crippen LogP contribution in [0.25, 0.3) is 0 Å². The van der Waals surface area contributed by atoms with Gasteiger partial charge in [0, 0.05) is 31.1 Å². The van der Waals surface area contributed by atoms with Crippen LogP contribution in [0.5, 0.6) is 11.5 Å². The third-order valence-corrected chi connectivity index (χ3v) is 3.80. The van der Waals surface area contributed by atoms with Crippen molar-refractivity contribution in [3.8, 4) is 11.5 Å². The first kappa shape index (κ1) is 17.7. The van der Waals surface area contributed by atoms with Gasteiger partial charge in [-0.25, -0.2) is 0 Å². The van der Waals surface area contributed by atoms with Crippen LogP contribution >= 0.6 is 11.6 Å². The third kappa shape index (κ3) is 4.28. The lowest BCUT2D eigenvalue weighted by Crippen LogP contribution is -2.06. The van der Waals surface area contributed by atoms with Gasteiger partial charge in [0.2, 0.25) is 5.95 Å². The minimum atomic E-state index is 0.312. The lowest BCUT2D eigenvalue weighted by molar-refractivity contribution is 0.405. The minimum Gasteiger partial charge on any atom is -0.495 e. The average Bonchev–Trinajstić information content (AvgIpc) is 2.68. The molecule has 3 rings (SSSR count). The number of rotatable bonds is 7. The Balaban J connectivity index is 1.76. The van der Waals surface area contributed by atoms with Crippen molar-refractivity contribution in [2.75, 3.05) is 24.9 Å². The molecule has 9 heteroatoms. The van der Waals surface area contributed by atoms with Gasteiger partial charge < -0.3 is 20.1 Å². The number of anilines is 3. The topological polar surface area (TPSA) is 94.1 Å². The van der Waals surface area contributed by atoms with Gasteiger partial charge >= 0.3 is 0 Å². The number of pyridine rings is 1. The molecule has 0 fully saturated rings. The molecule has 2 heterocycles. The van der Waals surface area contributed by atoms with Crippen molar-refractivity contribution in [2.24, 2.45) is 0 Å². The molecule has 0 aliphatic carbocycles.